The van der Waals surface area contributed by atoms with Crippen LogP contribution in [0.25, 0.3) is 22.2 Å². The molecule has 0 atom stereocenters. The van der Waals surface area contributed by atoms with Crippen LogP contribution in [0, 0.1) is 12.7 Å². The van der Waals surface area contributed by atoms with Crippen LogP contribution in [0.5, 0.6) is 5.75 Å². The van der Waals surface area contributed by atoms with E-state index in [0.29, 0.717) is 24.4 Å². The summed E-state index contributed by atoms with van der Waals surface area (Å²) in [5.41, 5.74) is 4.09. The lowest BCUT2D eigenvalue weighted by Gasteiger charge is -2.33. The molecule has 3 aromatic rings. The summed E-state index contributed by atoms with van der Waals surface area (Å²) in [6.45, 7) is 9.00. The van der Waals surface area contributed by atoms with Crippen LogP contribution in [-0.4, -0.2) is 46.8 Å². The van der Waals surface area contributed by atoms with Gasteiger partial charge >= 0.3 is 6.09 Å². The number of methoxy groups -OCH3 is 1. The van der Waals surface area contributed by atoms with Gasteiger partial charge in [0.05, 0.1) is 7.11 Å². The molecule has 7 heteroatoms. The summed E-state index contributed by atoms with van der Waals surface area (Å²) in [5, 5.41) is 0.973. The van der Waals surface area contributed by atoms with Crippen molar-refractivity contribution < 1.29 is 18.7 Å². The molecule has 32 heavy (non-hydrogen) atoms. The molecule has 1 aliphatic rings. The minimum Gasteiger partial charge on any atom is -0.496 e. The van der Waals surface area contributed by atoms with Crippen molar-refractivity contribution in [1.29, 1.82) is 0 Å². The van der Waals surface area contributed by atoms with Gasteiger partial charge in [-0.1, -0.05) is 0 Å². The van der Waals surface area contributed by atoms with Gasteiger partial charge in [-0.3, -0.25) is 0 Å². The van der Waals surface area contributed by atoms with E-state index in [1.165, 1.54) is 12.1 Å². The first kappa shape index (κ1) is 22.1. The highest BCUT2D eigenvalue weighted by atomic mass is 19.1. The number of ether oxygens (including phenoxy) is 2. The van der Waals surface area contributed by atoms with E-state index < -0.39 is 5.60 Å². The number of rotatable bonds is 3. The number of H-pyrrole nitrogens is 1. The minimum absolute atomic E-state index is 0.258. The molecule has 6 nitrogen and oxygen atoms in total. The lowest BCUT2D eigenvalue weighted by atomic mass is 9.90. The van der Waals surface area contributed by atoms with Crippen molar-refractivity contribution in [3.8, 4) is 16.9 Å². The van der Waals surface area contributed by atoms with Gasteiger partial charge in [-0.2, -0.15) is 0 Å². The lowest BCUT2D eigenvalue weighted by molar-refractivity contribution is 0.0204. The standard InChI is InChI=1S/C25H30FN3O3/c1-15-21-18(19-14-17(26)6-7-20(19)31-5)8-11-27-23(21)28-22(15)16-9-12-29(13-10-16)24(30)32-25(2,3)4/h6-8,11,14,16H,9-10,12-13H2,1-5H3,(H,27,28). The van der Waals surface area contributed by atoms with Gasteiger partial charge in [0.2, 0.25) is 0 Å². The maximum Gasteiger partial charge on any atom is 0.410 e. The Labute approximate surface area is 187 Å². The van der Waals surface area contributed by atoms with Crippen molar-refractivity contribution >= 4 is 17.1 Å². The molecule has 1 saturated heterocycles. The first-order chi connectivity index (χ1) is 15.2. The number of aryl methyl sites for hydroxylation is 1. The highest BCUT2D eigenvalue weighted by Gasteiger charge is 2.29. The Morgan fingerprint density at radius 1 is 1.19 bits per heavy atom. The molecule has 1 amide bonds. The Bertz CT molecular complexity index is 1140. The molecule has 1 N–H and O–H groups in total. The van der Waals surface area contributed by atoms with Crippen molar-refractivity contribution in [2.45, 2.75) is 52.1 Å². The smallest absolute Gasteiger partial charge is 0.410 e. The number of benzene rings is 1. The molecule has 1 aliphatic heterocycles. The van der Waals surface area contributed by atoms with Crippen LogP contribution >= 0.6 is 0 Å². The third kappa shape index (κ3) is 4.29. The Morgan fingerprint density at radius 2 is 1.91 bits per heavy atom. The number of halogens is 1. The molecule has 170 valence electrons. The number of carbonyl (C=O) groups is 1. The van der Waals surface area contributed by atoms with Crippen LogP contribution in [0.2, 0.25) is 0 Å². The summed E-state index contributed by atoms with van der Waals surface area (Å²) in [7, 11) is 1.59. The molecule has 1 fully saturated rings. The first-order valence-electron chi connectivity index (χ1n) is 11.0. The monoisotopic (exact) mass is 439 g/mol. The summed E-state index contributed by atoms with van der Waals surface area (Å²) in [6, 6.07) is 6.44. The van der Waals surface area contributed by atoms with Crippen molar-refractivity contribution in [1.82, 2.24) is 14.9 Å². The average molecular weight is 440 g/mol. The van der Waals surface area contributed by atoms with Crippen LogP contribution in [0.4, 0.5) is 9.18 Å². The minimum atomic E-state index is -0.498. The number of hydrogen-bond donors (Lipinski definition) is 1. The molecular weight excluding hydrogens is 409 g/mol. The Hall–Kier alpha value is -3.09. The number of nitrogens with one attached hydrogen (secondary N) is 1. The highest BCUT2D eigenvalue weighted by Crippen LogP contribution is 2.40. The molecule has 3 heterocycles. The quantitative estimate of drug-likeness (QED) is 0.560. The topological polar surface area (TPSA) is 67.5 Å². The predicted molar refractivity (Wildman–Crippen MR) is 123 cm³/mol. The fourth-order valence-corrected chi connectivity index (χ4v) is 4.49. The molecule has 1 aromatic carbocycles. The largest absolute Gasteiger partial charge is 0.496 e. The van der Waals surface area contributed by atoms with Gasteiger partial charge in [-0.15, -0.1) is 0 Å². The average Bonchev–Trinajstić information content (AvgIpc) is 3.09. The molecule has 0 aliphatic carbocycles. The molecule has 0 radical (unpaired) electrons. The first-order valence-corrected chi connectivity index (χ1v) is 11.0. The Morgan fingerprint density at radius 3 is 2.56 bits per heavy atom. The van der Waals surface area contributed by atoms with Crippen LogP contribution in [0.15, 0.2) is 30.5 Å². The van der Waals surface area contributed by atoms with Gasteiger partial charge in [-0.25, -0.2) is 14.2 Å². The SMILES string of the molecule is COc1ccc(F)cc1-c1ccnc2[nH]c(C3CCN(C(=O)OC(C)(C)C)CC3)c(C)c12. The zero-order valence-electron chi connectivity index (χ0n) is 19.3. The second-order valence-corrected chi connectivity index (χ2v) is 9.33. The highest BCUT2D eigenvalue weighted by molar-refractivity contribution is 5.97. The third-order valence-corrected chi connectivity index (χ3v) is 5.99. The second-order valence-electron chi connectivity index (χ2n) is 9.33. The van der Waals surface area contributed by atoms with Crippen LogP contribution < -0.4 is 4.74 Å². The summed E-state index contributed by atoms with van der Waals surface area (Å²) >= 11 is 0. The van der Waals surface area contributed by atoms with Gasteiger partial charge in [0, 0.05) is 41.8 Å². The van der Waals surface area contributed by atoms with Crippen molar-refractivity contribution in [2.75, 3.05) is 20.2 Å². The number of nitrogens with zero attached hydrogens (tertiary/aromatic N) is 2. The molecule has 0 bridgehead atoms. The van der Waals surface area contributed by atoms with Gasteiger partial charge < -0.3 is 19.4 Å². The number of aromatic amines is 1. The van der Waals surface area contributed by atoms with Crippen molar-refractivity contribution in [2.24, 2.45) is 0 Å². The summed E-state index contributed by atoms with van der Waals surface area (Å²) in [4.78, 5) is 22.2. The molecular formula is C25H30FN3O3. The van der Waals surface area contributed by atoms with E-state index in [4.69, 9.17) is 9.47 Å². The van der Waals surface area contributed by atoms with Crippen molar-refractivity contribution in [3.63, 3.8) is 0 Å². The lowest BCUT2D eigenvalue weighted by Crippen LogP contribution is -2.41. The van der Waals surface area contributed by atoms with E-state index in [1.54, 1.807) is 24.3 Å². The van der Waals surface area contributed by atoms with Crippen LogP contribution in [0.1, 0.15) is 50.8 Å². The van der Waals surface area contributed by atoms with E-state index in [9.17, 15) is 9.18 Å². The van der Waals surface area contributed by atoms with E-state index in [1.807, 2.05) is 26.8 Å². The number of carbonyl (C=O) groups excluding carboxylic acids is 1. The fraction of sp³-hybridized carbons (Fsp3) is 0.440. The maximum atomic E-state index is 14.0. The number of hydrogen-bond acceptors (Lipinski definition) is 4. The molecule has 0 unspecified atom stereocenters. The number of aromatic nitrogens is 2. The van der Waals surface area contributed by atoms with E-state index in [2.05, 4.69) is 16.9 Å². The number of pyridine rings is 1. The molecule has 0 spiro atoms. The maximum absolute atomic E-state index is 14.0. The van der Waals surface area contributed by atoms with Gasteiger partial charge in [0.15, 0.2) is 0 Å². The number of piperidine rings is 1. The van der Waals surface area contributed by atoms with Crippen LogP contribution in [-0.2, 0) is 4.74 Å². The molecule has 4 rings (SSSR count). The molecule has 2 aromatic heterocycles. The van der Waals surface area contributed by atoms with Gasteiger partial charge in [0.25, 0.3) is 0 Å². The molecule has 0 saturated carbocycles. The Kier molecular flexibility index (Phi) is 5.84. The third-order valence-electron chi connectivity index (χ3n) is 5.99. The summed E-state index contributed by atoms with van der Waals surface area (Å²) in [5.74, 6) is 0.588. The zero-order chi connectivity index (χ0) is 23.0. The Balaban J connectivity index is 1.63. The number of likely N-dealkylation sites (tertiary alicyclic amines) is 1. The van der Waals surface area contributed by atoms with Gasteiger partial charge in [0.1, 0.15) is 22.8 Å². The van der Waals surface area contributed by atoms with E-state index in [-0.39, 0.29) is 17.8 Å². The zero-order valence-corrected chi connectivity index (χ0v) is 19.3. The summed E-state index contributed by atoms with van der Waals surface area (Å²) < 4.78 is 25.1. The fourth-order valence-electron chi connectivity index (χ4n) is 4.49. The number of fused-ring (bicyclic) bond motifs is 1. The van der Waals surface area contributed by atoms with Gasteiger partial charge in [-0.05, 0) is 75.9 Å². The van der Waals surface area contributed by atoms with E-state index >= 15 is 0 Å². The second kappa shape index (κ2) is 8.45. The number of amides is 1. The predicted octanol–water partition coefficient (Wildman–Crippen LogP) is 5.80. The van der Waals surface area contributed by atoms with Crippen molar-refractivity contribution in [3.05, 3.63) is 47.5 Å². The summed E-state index contributed by atoms with van der Waals surface area (Å²) in [6.07, 6.45) is 3.15. The normalized spacial score (nSPS) is 15.2. The van der Waals surface area contributed by atoms with Crippen LogP contribution in [0.3, 0.4) is 0 Å². The van der Waals surface area contributed by atoms with E-state index in [0.717, 1.165) is 40.7 Å².